The van der Waals surface area contributed by atoms with Crippen LogP contribution in [0.25, 0.3) is 0 Å². The summed E-state index contributed by atoms with van der Waals surface area (Å²) in [6.07, 6.45) is 0. The van der Waals surface area contributed by atoms with Crippen molar-refractivity contribution in [2.75, 3.05) is 11.9 Å². The van der Waals surface area contributed by atoms with Crippen molar-refractivity contribution < 1.29 is 0 Å². The van der Waals surface area contributed by atoms with Crippen molar-refractivity contribution in [2.24, 2.45) is 0 Å². The summed E-state index contributed by atoms with van der Waals surface area (Å²) in [4.78, 5) is 0. The molecule has 0 aliphatic rings. The SMILES string of the molecule is C=C(NCC)Nc1ccc(C)c(C)c1. The Kier molecular flexibility index (Phi) is 3.57. The third kappa shape index (κ3) is 2.80. The predicted octanol–water partition coefficient (Wildman–Crippen LogP) is 2.80. The minimum Gasteiger partial charge on any atom is -0.372 e. The van der Waals surface area contributed by atoms with Gasteiger partial charge < -0.3 is 10.6 Å². The van der Waals surface area contributed by atoms with Gasteiger partial charge in [0.1, 0.15) is 0 Å². The number of aryl methyl sites for hydroxylation is 2. The average molecular weight is 190 g/mol. The van der Waals surface area contributed by atoms with Crippen molar-refractivity contribution in [1.82, 2.24) is 5.32 Å². The molecular formula is C12H18N2. The van der Waals surface area contributed by atoms with Gasteiger partial charge in [-0.3, -0.25) is 0 Å². The van der Waals surface area contributed by atoms with E-state index in [2.05, 4.69) is 49.3 Å². The molecule has 2 nitrogen and oxygen atoms in total. The number of anilines is 1. The monoisotopic (exact) mass is 190 g/mol. The van der Waals surface area contributed by atoms with Gasteiger partial charge in [-0.2, -0.15) is 0 Å². The molecule has 1 aromatic carbocycles. The molecule has 0 unspecified atom stereocenters. The summed E-state index contributed by atoms with van der Waals surface area (Å²) in [5.41, 5.74) is 3.68. The third-order valence-electron chi connectivity index (χ3n) is 2.19. The molecule has 76 valence electrons. The lowest BCUT2D eigenvalue weighted by atomic mass is 10.1. The van der Waals surface area contributed by atoms with Crippen molar-refractivity contribution >= 4 is 5.69 Å². The van der Waals surface area contributed by atoms with Gasteiger partial charge >= 0.3 is 0 Å². The van der Waals surface area contributed by atoms with Gasteiger partial charge in [0, 0.05) is 12.2 Å². The minimum absolute atomic E-state index is 0.843. The van der Waals surface area contributed by atoms with Gasteiger partial charge in [-0.25, -0.2) is 0 Å². The standard InChI is InChI=1S/C12H18N2/c1-5-13-11(4)14-12-7-6-9(2)10(3)8-12/h6-8,13-14H,4-5H2,1-3H3. The highest BCUT2D eigenvalue weighted by molar-refractivity contribution is 5.51. The maximum absolute atomic E-state index is 3.87. The van der Waals surface area contributed by atoms with Crippen LogP contribution in [0.5, 0.6) is 0 Å². The summed E-state index contributed by atoms with van der Waals surface area (Å²) in [7, 11) is 0. The molecule has 0 bridgehead atoms. The van der Waals surface area contributed by atoms with Gasteiger partial charge in [0.15, 0.2) is 0 Å². The number of benzene rings is 1. The smallest absolute Gasteiger partial charge is 0.0957 e. The molecule has 0 saturated heterocycles. The Balaban J connectivity index is 2.68. The second-order valence-corrected chi connectivity index (χ2v) is 3.43. The summed E-state index contributed by atoms with van der Waals surface area (Å²) < 4.78 is 0. The Morgan fingerprint density at radius 2 is 2.00 bits per heavy atom. The molecule has 0 spiro atoms. The van der Waals surface area contributed by atoms with E-state index in [1.54, 1.807) is 0 Å². The molecule has 1 aromatic rings. The molecule has 0 aliphatic heterocycles. The summed E-state index contributed by atoms with van der Waals surface area (Å²) in [6.45, 7) is 11.0. The van der Waals surface area contributed by atoms with E-state index in [-0.39, 0.29) is 0 Å². The Morgan fingerprint density at radius 1 is 1.29 bits per heavy atom. The van der Waals surface area contributed by atoms with E-state index in [0.717, 1.165) is 18.1 Å². The summed E-state index contributed by atoms with van der Waals surface area (Å²) in [5.74, 6) is 0.843. The molecule has 0 heterocycles. The van der Waals surface area contributed by atoms with Crippen molar-refractivity contribution in [3.05, 3.63) is 41.7 Å². The second kappa shape index (κ2) is 4.70. The van der Waals surface area contributed by atoms with Crippen LogP contribution in [0.4, 0.5) is 5.69 Å². The molecule has 14 heavy (non-hydrogen) atoms. The predicted molar refractivity (Wildman–Crippen MR) is 62.4 cm³/mol. The summed E-state index contributed by atoms with van der Waals surface area (Å²) in [6, 6.07) is 6.29. The number of nitrogens with one attached hydrogen (secondary N) is 2. The Bertz CT molecular complexity index is 329. The molecule has 0 amide bonds. The Labute approximate surface area is 86.0 Å². The van der Waals surface area contributed by atoms with Crippen LogP contribution in [-0.4, -0.2) is 6.54 Å². The van der Waals surface area contributed by atoms with Crippen molar-refractivity contribution in [3.63, 3.8) is 0 Å². The fourth-order valence-electron chi connectivity index (χ4n) is 1.25. The first-order valence-corrected chi connectivity index (χ1v) is 4.90. The highest BCUT2D eigenvalue weighted by Crippen LogP contribution is 2.14. The van der Waals surface area contributed by atoms with Crippen molar-refractivity contribution in [2.45, 2.75) is 20.8 Å². The Hall–Kier alpha value is -1.44. The zero-order valence-electron chi connectivity index (χ0n) is 9.15. The van der Waals surface area contributed by atoms with Gasteiger partial charge in [0.2, 0.25) is 0 Å². The first-order chi connectivity index (χ1) is 6.63. The molecule has 1 rings (SSSR count). The fourth-order valence-corrected chi connectivity index (χ4v) is 1.25. The number of hydrogen-bond donors (Lipinski definition) is 2. The van der Waals surface area contributed by atoms with Crippen LogP contribution in [-0.2, 0) is 0 Å². The van der Waals surface area contributed by atoms with Gasteiger partial charge in [-0.1, -0.05) is 12.6 Å². The first-order valence-electron chi connectivity index (χ1n) is 4.90. The van der Waals surface area contributed by atoms with Crippen LogP contribution in [0.15, 0.2) is 30.6 Å². The quantitative estimate of drug-likeness (QED) is 0.763. The third-order valence-corrected chi connectivity index (χ3v) is 2.19. The van der Waals surface area contributed by atoms with Crippen LogP contribution >= 0.6 is 0 Å². The maximum atomic E-state index is 3.87. The molecular weight excluding hydrogens is 172 g/mol. The molecule has 2 heteroatoms. The summed E-state index contributed by atoms with van der Waals surface area (Å²) >= 11 is 0. The normalized spacial score (nSPS) is 9.64. The second-order valence-electron chi connectivity index (χ2n) is 3.43. The van der Waals surface area contributed by atoms with E-state index in [4.69, 9.17) is 0 Å². The topological polar surface area (TPSA) is 24.1 Å². The van der Waals surface area contributed by atoms with E-state index >= 15 is 0 Å². The molecule has 0 radical (unpaired) electrons. The Morgan fingerprint density at radius 3 is 2.57 bits per heavy atom. The molecule has 2 N–H and O–H groups in total. The van der Waals surface area contributed by atoms with Crippen molar-refractivity contribution in [3.8, 4) is 0 Å². The highest BCUT2D eigenvalue weighted by Gasteiger charge is 1.96. The lowest BCUT2D eigenvalue weighted by Crippen LogP contribution is -2.17. The lowest BCUT2D eigenvalue weighted by molar-refractivity contribution is 0.864. The van der Waals surface area contributed by atoms with Crippen LogP contribution in [0, 0.1) is 13.8 Å². The van der Waals surface area contributed by atoms with Gasteiger partial charge in [-0.15, -0.1) is 0 Å². The van der Waals surface area contributed by atoms with Gasteiger partial charge in [-0.05, 0) is 44.0 Å². The number of hydrogen-bond acceptors (Lipinski definition) is 2. The van der Waals surface area contributed by atoms with Crippen LogP contribution in [0.3, 0.4) is 0 Å². The largest absolute Gasteiger partial charge is 0.372 e. The number of rotatable bonds is 4. The van der Waals surface area contributed by atoms with E-state index < -0.39 is 0 Å². The van der Waals surface area contributed by atoms with Crippen molar-refractivity contribution in [1.29, 1.82) is 0 Å². The van der Waals surface area contributed by atoms with E-state index in [1.807, 2.05) is 6.92 Å². The van der Waals surface area contributed by atoms with E-state index in [1.165, 1.54) is 11.1 Å². The van der Waals surface area contributed by atoms with E-state index in [0.29, 0.717) is 0 Å². The van der Waals surface area contributed by atoms with E-state index in [9.17, 15) is 0 Å². The van der Waals surface area contributed by atoms with Crippen LogP contribution in [0.2, 0.25) is 0 Å². The first kappa shape index (κ1) is 10.6. The molecule has 0 atom stereocenters. The van der Waals surface area contributed by atoms with Crippen LogP contribution < -0.4 is 10.6 Å². The summed E-state index contributed by atoms with van der Waals surface area (Å²) in [5, 5.41) is 6.33. The van der Waals surface area contributed by atoms with Gasteiger partial charge in [0.05, 0.1) is 5.82 Å². The fraction of sp³-hybridized carbons (Fsp3) is 0.333. The maximum Gasteiger partial charge on any atom is 0.0957 e. The lowest BCUT2D eigenvalue weighted by Gasteiger charge is -2.11. The molecule has 0 saturated carbocycles. The minimum atomic E-state index is 0.843. The molecule has 0 aliphatic carbocycles. The molecule has 0 fully saturated rings. The zero-order valence-corrected chi connectivity index (χ0v) is 9.15. The van der Waals surface area contributed by atoms with Crippen LogP contribution in [0.1, 0.15) is 18.1 Å². The zero-order chi connectivity index (χ0) is 10.6. The van der Waals surface area contributed by atoms with Gasteiger partial charge in [0.25, 0.3) is 0 Å². The highest BCUT2D eigenvalue weighted by atomic mass is 15.1. The average Bonchev–Trinajstić information content (AvgIpc) is 2.12. The molecule has 0 aromatic heterocycles.